The number of likely N-dealkylation sites (tertiary alicyclic amines) is 1. The molecular formula is C21H27ClN4O2. The minimum atomic E-state index is -0.292. The van der Waals surface area contributed by atoms with Gasteiger partial charge in [-0.05, 0) is 44.6 Å². The lowest BCUT2D eigenvalue weighted by atomic mass is 9.93. The first-order valence-electron chi connectivity index (χ1n) is 9.71. The molecule has 3 rings (SSSR count). The Balaban J connectivity index is 1.73. The maximum absolute atomic E-state index is 13.1. The SMILES string of the molecule is Cc1ccc(Cn2nc(C)c(C(=O)N3CCCC(CCC(N)=O)C3)c2Cl)cc1. The van der Waals surface area contributed by atoms with E-state index in [0.29, 0.717) is 48.4 Å². The third-order valence-corrected chi connectivity index (χ3v) is 5.72. The van der Waals surface area contributed by atoms with Crippen molar-refractivity contribution in [3.8, 4) is 0 Å². The molecule has 0 bridgehead atoms. The molecule has 28 heavy (non-hydrogen) atoms. The summed E-state index contributed by atoms with van der Waals surface area (Å²) in [7, 11) is 0. The van der Waals surface area contributed by atoms with E-state index in [9.17, 15) is 9.59 Å². The number of carbonyl (C=O) groups is 2. The van der Waals surface area contributed by atoms with E-state index in [0.717, 1.165) is 24.8 Å². The van der Waals surface area contributed by atoms with Crippen LogP contribution in [0.2, 0.25) is 5.15 Å². The number of benzene rings is 1. The van der Waals surface area contributed by atoms with E-state index >= 15 is 0 Å². The molecule has 7 heteroatoms. The van der Waals surface area contributed by atoms with Crippen LogP contribution in [0, 0.1) is 19.8 Å². The Kier molecular flexibility index (Phi) is 6.39. The van der Waals surface area contributed by atoms with Crippen molar-refractivity contribution in [2.75, 3.05) is 13.1 Å². The quantitative estimate of drug-likeness (QED) is 0.804. The van der Waals surface area contributed by atoms with Crippen LogP contribution in [0.4, 0.5) is 0 Å². The van der Waals surface area contributed by atoms with Gasteiger partial charge in [0.15, 0.2) is 0 Å². The molecule has 1 aliphatic rings. The van der Waals surface area contributed by atoms with E-state index < -0.39 is 0 Å². The molecule has 0 aliphatic carbocycles. The number of hydrogen-bond donors (Lipinski definition) is 1. The van der Waals surface area contributed by atoms with Crippen molar-refractivity contribution in [1.29, 1.82) is 0 Å². The summed E-state index contributed by atoms with van der Waals surface area (Å²) in [6, 6.07) is 8.17. The molecule has 0 saturated carbocycles. The molecule has 1 atom stereocenters. The average molecular weight is 403 g/mol. The molecule has 1 aromatic heterocycles. The maximum atomic E-state index is 13.1. The highest BCUT2D eigenvalue weighted by molar-refractivity contribution is 6.33. The summed E-state index contributed by atoms with van der Waals surface area (Å²) in [5.41, 5.74) is 8.65. The minimum absolute atomic E-state index is 0.0820. The van der Waals surface area contributed by atoms with Crippen molar-refractivity contribution in [2.45, 2.75) is 46.1 Å². The number of piperidine rings is 1. The van der Waals surface area contributed by atoms with E-state index in [4.69, 9.17) is 17.3 Å². The molecule has 6 nitrogen and oxygen atoms in total. The minimum Gasteiger partial charge on any atom is -0.370 e. The second-order valence-electron chi connectivity index (χ2n) is 7.66. The first-order chi connectivity index (χ1) is 13.3. The van der Waals surface area contributed by atoms with Crippen molar-refractivity contribution >= 4 is 23.4 Å². The number of aryl methyl sites for hydroxylation is 2. The summed E-state index contributed by atoms with van der Waals surface area (Å²) < 4.78 is 1.68. The predicted molar refractivity (Wildman–Crippen MR) is 109 cm³/mol. The Labute approximate surface area is 170 Å². The van der Waals surface area contributed by atoms with Gasteiger partial charge < -0.3 is 10.6 Å². The van der Waals surface area contributed by atoms with Crippen LogP contribution >= 0.6 is 11.6 Å². The lowest BCUT2D eigenvalue weighted by Gasteiger charge is -2.32. The van der Waals surface area contributed by atoms with Gasteiger partial charge in [0, 0.05) is 19.5 Å². The topological polar surface area (TPSA) is 81.2 Å². The highest BCUT2D eigenvalue weighted by atomic mass is 35.5. The molecule has 2 amide bonds. The van der Waals surface area contributed by atoms with Gasteiger partial charge in [-0.25, -0.2) is 4.68 Å². The van der Waals surface area contributed by atoms with Crippen molar-refractivity contribution in [3.63, 3.8) is 0 Å². The molecule has 0 spiro atoms. The van der Waals surface area contributed by atoms with Gasteiger partial charge in [-0.2, -0.15) is 5.10 Å². The van der Waals surface area contributed by atoms with Crippen molar-refractivity contribution in [1.82, 2.24) is 14.7 Å². The van der Waals surface area contributed by atoms with E-state index in [1.807, 2.05) is 43.0 Å². The summed E-state index contributed by atoms with van der Waals surface area (Å²) in [6.45, 7) is 5.71. The van der Waals surface area contributed by atoms with Gasteiger partial charge in [0.1, 0.15) is 5.15 Å². The van der Waals surface area contributed by atoms with Crippen LogP contribution in [0.3, 0.4) is 0 Å². The van der Waals surface area contributed by atoms with Crippen molar-refractivity contribution < 1.29 is 9.59 Å². The summed E-state index contributed by atoms with van der Waals surface area (Å²) in [5.74, 6) is -0.0759. The Bertz CT molecular complexity index is 860. The Morgan fingerprint density at radius 2 is 1.96 bits per heavy atom. The monoisotopic (exact) mass is 402 g/mol. The van der Waals surface area contributed by atoms with Crippen LogP contribution < -0.4 is 5.73 Å². The molecule has 1 aliphatic heterocycles. The molecule has 2 aromatic rings. The Morgan fingerprint density at radius 1 is 1.25 bits per heavy atom. The molecular weight excluding hydrogens is 376 g/mol. The van der Waals surface area contributed by atoms with Gasteiger partial charge in [0.2, 0.25) is 5.91 Å². The van der Waals surface area contributed by atoms with Gasteiger partial charge in [-0.1, -0.05) is 41.4 Å². The zero-order chi connectivity index (χ0) is 20.3. The van der Waals surface area contributed by atoms with Gasteiger partial charge in [0.05, 0.1) is 17.8 Å². The summed E-state index contributed by atoms with van der Waals surface area (Å²) in [5, 5.41) is 4.88. The number of halogens is 1. The second kappa shape index (κ2) is 8.78. The first kappa shape index (κ1) is 20.4. The third-order valence-electron chi connectivity index (χ3n) is 5.34. The van der Waals surface area contributed by atoms with Crippen LogP contribution in [0.25, 0.3) is 0 Å². The van der Waals surface area contributed by atoms with Crippen molar-refractivity contribution in [3.05, 3.63) is 51.8 Å². The normalized spacial score (nSPS) is 17.0. The molecule has 2 heterocycles. The maximum Gasteiger partial charge on any atom is 0.258 e. The van der Waals surface area contributed by atoms with Crippen LogP contribution in [0.1, 0.15) is 52.9 Å². The van der Waals surface area contributed by atoms with Crippen LogP contribution in [0.15, 0.2) is 24.3 Å². The van der Waals surface area contributed by atoms with E-state index in [-0.39, 0.29) is 11.8 Å². The number of carbonyl (C=O) groups excluding carboxylic acids is 2. The van der Waals surface area contributed by atoms with Gasteiger partial charge >= 0.3 is 0 Å². The Morgan fingerprint density at radius 3 is 2.64 bits per heavy atom. The lowest BCUT2D eigenvalue weighted by molar-refractivity contribution is -0.118. The number of nitrogens with two attached hydrogens (primary N) is 1. The molecule has 2 N–H and O–H groups in total. The lowest BCUT2D eigenvalue weighted by Crippen LogP contribution is -2.40. The highest BCUT2D eigenvalue weighted by Gasteiger charge is 2.29. The summed E-state index contributed by atoms with van der Waals surface area (Å²) in [4.78, 5) is 26.0. The fourth-order valence-corrected chi connectivity index (χ4v) is 4.07. The second-order valence-corrected chi connectivity index (χ2v) is 8.02. The van der Waals surface area contributed by atoms with Crippen LogP contribution in [0.5, 0.6) is 0 Å². The number of nitrogens with zero attached hydrogens (tertiary/aromatic N) is 3. The highest BCUT2D eigenvalue weighted by Crippen LogP contribution is 2.27. The third kappa shape index (κ3) is 4.73. The largest absolute Gasteiger partial charge is 0.370 e. The standard InChI is InChI=1S/C21H27ClN4O2/c1-14-5-7-17(8-6-14)13-26-20(22)19(15(2)24-26)21(28)25-11-3-4-16(12-25)9-10-18(23)27/h5-8,16H,3-4,9-13H2,1-2H3,(H2,23,27). The van der Waals surface area contributed by atoms with Gasteiger partial charge in [-0.3, -0.25) is 9.59 Å². The molecule has 0 radical (unpaired) electrons. The molecule has 1 unspecified atom stereocenters. The van der Waals surface area contributed by atoms with Crippen molar-refractivity contribution in [2.24, 2.45) is 11.7 Å². The number of aromatic nitrogens is 2. The summed E-state index contributed by atoms with van der Waals surface area (Å²) in [6.07, 6.45) is 3.01. The summed E-state index contributed by atoms with van der Waals surface area (Å²) >= 11 is 6.56. The fourth-order valence-electron chi connectivity index (χ4n) is 3.76. The molecule has 1 saturated heterocycles. The van der Waals surface area contributed by atoms with E-state index in [1.165, 1.54) is 5.56 Å². The molecule has 1 aromatic carbocycles. The number of amides is 2. The molecule has 1 fully saturated rings. The smallest absolute Gasteiger partial charge is 0.258 e. The number of primary amides is 1. The van der Waals surface area contributed by atoms with Crippen LogP contribution in [-0.2, 0) is 11.3 Å². The van der Waals surface area contributed by atoms with Crippen LogP contribution in [-0.4, -0.2) is 39.6 Å². The van der Waals surface area contributed by atoms with Gasteiger partial charge in [-0.15, -0.1) is 0 Å². The first-order valence-corrected chi connectivity index (χ1v) is 10.1. The number of hydrogen-bond acceptors (Lipinski definition) is 3. The number of rotatable bonds is 6. The average Bonchev–Trinajstić information content (AvgIpc) is 2.95. The molecule has 150 valence electrons. The predicted octanol–water partition coefficient (Wildman–Crippen LogP) is 3.32. The van der Waals surface area contributed by atoms with E-state index in [1.54, 1.807) is 4.68 Å². The zero-order valence-corrected chi connectivity index (χ0v) is 17.2. The van der Waals surface area contributed by atoms with E-state index in [2.05, 4.69) is 5.10 Å². The zero-order valence-electron chi connectivity index (χ0n) is 16.4. The van der Waals surface area contributed by atoms with Gasteiger partial charge in [0.25, 0.3) is 5.91 Å². The Hall–Kier alpha value is -2.34. The fraction of sp³-hybridized carbons (Fsp3) is 0.476.